The van der Waals surface area contributed by atoms with Crippen LogP contribution in [0, 0.1) is 32.1 Å². The summed E-state index contributed by atoms with van der Waals surface area (Å²) in [5.41, 5.74) is 6.55. The molecule has 2 amide bonds. The van der Waals surface area contributed by atoms with E-state index in [4.69, 9.17) is 9.84 Å². The van der Waals surface area contributed by atoms with Crippen LogP contribution in [0.1, 0.15) is 34.2 Å². The van der Waals surface area contributed by atoms with Gasteiger partial charge in [-0.3, -0.25) is 14.5 Å². The Morgan fingerprint density at radius 1 is 0.978 bits per heavy atom. The van der Waals surface area contributed by atoms with Crippen LogP contribution in [-0.4, -0.2) is 59.6 Å². The topological polar surface area (TPSA) is 122 Å². The molecular weight excluding hydrogens is 600 g/mol. The van der Waals surface area contributed by atoms with E-state index < -0.39 is 27.7 Å². The van der Waals surface area contributed by atoms with E-state index in [1.54, 1.807) is 35.0 Å². The average Bonchev–Trinajstić information content (AvgIpc) is 3.60. The second-order valence-electron chi connectivity index (χ2n) is 11.7. The maximum absolute atomic E-state index is 14.5. The van der Waals surface area contributed by atoms with Gasteiger partial charge in [0, 0.05) is 22.9 Å². The molecule has 0 aliphatic carbocycles. The van der Waals surface area contributed by atoms with Crippen LogP contribution >= 0.6 is 0 Å². The normalized spacial score (nSPS) is 18.7. The summed E-state index contributed by atoms with van der Waals surface area (Å²) in [5.74, 6) is -1.37. The molecule has 2 aliphatic rings. The summed E-state index contributed by atoms with van der Waals surface area (Å²) < 4.78 is 31.9. The van der Waals surface area contributed by atoms with Gasteiger partial charge in [-0.1, -0.05) is 48.0 Å². The molecule has 3 heterocycles. The van der Waals surface area contributed by atoms with Crippen molar-refractivity contribution >= 4 is 33.3 Å². The van der Waals surface area contributed by atoms with E-state index in [0.717, 1.165) is 32.8 Å². The monoisotopic (exact) mass is 632 g/mol. The van der Waals surface area contributed by atoms with Crippen molar-refractivity contribution in [3.05, 3.63) is 112 Å². The Hall–Kier alpha value is -5.27. The quantitative estimate of drug-likeness (QED) is 0.206. The molecule has 232 valence electrons. The number of amides is 2. The summed E-state index contributed by atoms with van der Waals surface area (Å²) in [7, 11) is -1.91. The molecule has 10 heteroatoms. The summed E-state index contributed by atoms with van der Waals surface area (Å²) in [4.78, 5) is 29.3. The minimum Gasteiger partial charge on any atom is -0.497 e. The van der Waals surface area contributed by atoms with Crippen molar-refractivity contribution in [3.63, 3.8) is 0 Å². The van der Waals surface area contributed by atoms with Crippen LogP contribution < -0.4 is 4.74 Å². The fraction of sp³-hybridized carbons (Fsp3) is 0.222. The van der Waals surface area contributed by atoms with Gasteiger partial charge in [-0.05, 0) is 74.2 Å². The second-order valence-corrected chi connectivity index (χ2v) is 13.9. The molecule has 0 bridgehead atoms. The number of aromatic nitrogens is 2. The number of nitriles is 1. The van der Waals surface area contributed by atoms with Crippen LogP contribution in [0.2, 0.25) is 0 Å². The van der Waals surface area contributed by atoms with Crippen LogP contribution in [-0.2, 0) is 19.4 Å². The predicted octanol–water partition coefficient (Wildman–Crippen LogP) is 5.39. The third-order valence-corrected chi connectivity index (χ3v) is 10.2. The lowest BCUT2D eigenvalue weighted by Crippen LogP contribution is -2.49. The highest BCUT2D eigenvalue weighted by Crippen LogP contribution is 2.39. The van der Waals surface area contributed by atoms with Crippen LogP contribution in [0.25, 0.3) is 28.6 Å². The van der Waals surface area contributed by atoms with Gasteiger partial charge in [-0.25, -0.2) is 13.1 Å². The number of aryl methyl sites for hydroxylation is 3. The number of imide groups is 1. The highest BCUT2D eigenvalue weighted by molar-refractivity contribution is 7.91. The van der Waals surface area contributed by atoms with E-state index in [1.165, 1.54) is 7.11 Å². The third kappa shape index (κ3) is 5.54. The number of hydrogen-bond donors (Lipinski definition) is 0. The average molecular weight is 633 g/mol. The van der Waals surface area contributed by atoms with Crippen molar-refractivity contribution in [1.29, 1.82) is 5.26 Å². The Morgan fingerprint density at radius 3 is 2.24 bits per heavy atom. The Kier molecular flexibility index (Phi) is 7.96. The minimum absolute atomic E-state index is 0.0990. The molecule has 9 nitrogen and oxygen atoms in total. The number of methoxy groups -OCH3 is 1. The fourth-order valence-corrected chi connectivity index (χ4v) is 8.11. The first-order valence-electron chi connectivity index (χ1n) is 14.8. The van der Waals surface area contributed by atoms with Crippen LogP contribution in [0.5, 0.6) is 5.75 Å². The first-order valence-corrected chi connectivity index (χ1v) is 16.7. The largest absolute Gasteiger partial charge is 0.497 e. The number of hydrogen-bond acceptors (Lipinski definition) is 7. The molecule has 46 heavy (non-hydrogen) atoms. The number of carbonyl (C=O) groups excluding carboxylic acids is 2. The lowest BCUT2D eigenvalue weighted by molar-refractivity contribution is -0.142. The Labute approximate surface area is 268 Å². The predicted molar refractivity (Wildman–Crippen MR) is 176 cm³/mol. The summed E-state index contributed by atoms with van der Waals surface area (Å²) >= 11 is 0. The molecule has 1 aromatic heterocycles. The molecular formula is C36H32N4O5S. The molecule has 0 saturated carbocycles. The lowest BCUT2D eigenvalue weighted by atomic mass is 9.86. The zero-order valence-corrected chi connectivity index (χ0v) is 26.8. The summed E-state index contributed by atoms with van der Waals surface area (Å²) in [6.45, 7) is 6.05. The van der Waals surface area contributed by atoms with Gasteiger partial charge in [-0.15, -0.1) is 0 Å². The molecule has 0 spiro atoms. The molecule has 1 saturated heterocycles. The molecule has 3 aromatic carbocycles. The summed E-state index contributed by atoms with van der Waals surface area (Å²) in [6.07, 6.45) is 3.60. The van der Waals surface area contributed by atoms with E-state index in [9.17, 15) is 23.3 Å². The number of carbonyl (C=O) groups is 2. The number of para-hydroxylation sites is 1. The van der Waals surface area contributed by atoms with Gasteiger partial charge in [0.15, 0.2) is 9.84 Å². The Balaban J connectivity index is 1.63. The van der Waals surface area contributed by atoms with E-state index >= 15 is 0 Å². The van der Waals surface area contributed by atoms with E-state index in [1.807, 2.05) is 63.4 Å². The Bertz CT molecular complexity index is 2080. The first kappa shape index (κ1) is 30.7. The maximum atomic E-state index is 14.5. The van der Waals surface area contributed by atoms with Crippen molar-refractivity contribution in [2.75, 3.05) is 18.6 Å². The van der Waals surface area contributed by atoms with Crippen LogP contribution in [0.15, 0.2) is 84.1 Å². The first-order chi connectivity index (χ1) is 22.0. The van der Waals surface area contributed by atoms with Crippen LogP contribution in [0.3, 0.4) is 0 Å². The SMILES string of the molecule is COc1ccc(C2=C(C#N)C(=O)N(C3CCS(=O)(=O)C3)C(=O)/C2=C\c2cn(-c3ccccc3)nc2-c2c(C)cc(C)cc2C)cc1. The molecule has 6 rings (SSSR count). The Morgan fingerprint density at radius 2 is 1.65 bits per heavy atom. The van der Waals surface area contributed by atoms with Gasteiger partial charge in [0.05, 0.1) is 35.9 Å². The highest BCUT2D eigenvalue weighted by Gasteiger charge is 2.45. The molecule has 4 aromatic rings. The summed E-state index contributed by atoms with van der Waals surface area (Å²) in [5, 5.41) is 15.3. The smallest absolute Gasteiger partial charge is 0.272 e. The van der Waals surface area contributed by atoms with E-state index in [0.29, 0.717) is 22.6 Å². The second kappa shape index (κ2) is 11.9. The zero-order chi connectivity index (χ0) is 32.7. The van der Waals surface area contributed by atoms with Gasteiger partial charge in [0.25, 0.3) is 11.8 Å². The lowest BCUT2D eigenvalue weighted by Gasteiger charge is -2.32. The van der Waals surface area contributed by atoms with Crippen molar-refractivity contribution in [2.45, 2.75) is 33.2 Å². The van der Waals surface area contributed by atoms with Crippen molar-refractivity contribution < 1.29 is 22.7 Å². The van der Waals surface area contributed by atoms with E-state index in [2.05, 4.69) is 12.1 Å². The number of nitrogens with zero attached hydrogens (tertiary/aromatic N) is 4. The van der Waals surface area contributed by atoms with Crippen molar-refractivity contribution in [1.82, 2.24) is 14.7 Å². The van der Waals surface area contributed by atoms with Gasteiger partial charge >= 0.3 is 0 Å². The standard InChI is InChI=1S/C36H32N4O5S/c1-22-16-23(2)32(24(3)17-22)34-26(20-39(38-34)27-8-6-5-7-9-27)18-30-33(25-10-12-29(45-4)13-11-25)31(19-37)36(42)40(35(30)41)28-14-15-46(43,44)21-28/h5-13,16-18,20,28H,14-15,21H2,1-4H3/b30-18-. The third-order valence-electron chi connectivity index (χ3n) is 8.44. The number of ether oxygens (including phenoxy) is 1. The van der Waals surface area contributed by atoms with E-state index in [-0.39, 0.29) is 34.6 Å². The molecule has 1 unspecified atom stereocenters. The molecule has 2 aliphatic heterocycles. The molecule has 1 atom stereocenters. The van der Waals surface area contributed by atoms with Gasteiger partial charge in [0.2, 0.25) is 0 Å². The fourth-order valence-electron chi connectivity index (χ4n) is 6.41. The zero-order valence-electron chi connectivity index (χ0n) is 25.9. The molecule has 0 N–H and O–H groups in total. The summed E-state index contributed by atoms with van der Waals surface area (Å²) in [6, 6.07) is 21.7. The van der Waals surface area contributed by atoms with Crippen molar-refractivity contribution in [3.8, 4) is 28.8 Å². The number of benzene rings is 3. The highest BCUT2D eigenvalue weighted by atomic mass is 32.2. The van der Waals surface area contributed by atoms with Crippen LogP contribution in [0.4, 0.5) is 0 Å². The van der Waals surface area contributed by atoms with Gasteiger partial charge in [-0.2, -0.15) is 10.4 Å². The minimum atomic E-state index is -3.44. The molecule has 1 fully saturated rings. The number of rotatable bonds is 6. The molecule has 0 radical (unpaired) electrons. The van der Waals surface area contributed by atoms with Gasteiger partial charge in [0.1, 0.15) is 23.1 Å². The van der Waals surface area contributed by atoms with Crippen molar-refractivity contribution in [2.24, 2.45) is 0 Å². The van der Waals surface area contributed by atoms with Gasteiger partial charge < -0.3 is 4.74 Å². The maximum Gasteiger partial charge on any atom is 0.272 e. The number of sulfone groups is 1.